The first-order valence-electron chi connectivity index (χ1n) is 9.43. The minimum absolute atomic E-state index is 0.603. The summed E-state index contributed by atoms with van der Waals surface area (Å²) in [6, 6.07) is 7.96. The van der Waals surface area contributed by atoms with Gasteiger partial charge in [-0.15, -0.1) is 0 Å². The summed E-state index contributed by atoms with van der Waals surface area (Å²) in [7, 11) is 1.67. The Hall–Kier alpha value is -2.54. The highest BCUT2D eigenvalue weighted by molar-refractivity contribution is 5.79. The summed E-state index contributed by atoms with van der Waals surface area (Å²) in [6.45, 7) is 8.51. The van der Waals surface area contributed by atoms with Crippen LogP contribution in [0, 0.1) is 6.92 Å². The van der Waals surface area contributed by atoms with Crippen LogP contribution in [-0.2, 0) is 17.8 Å². The van der Waals surface area contributed by atoms with Crippen molar-refractivity contribution in [2.75, 3.05) is 33.4 Å². The van der Waals surface area contributed by atoms with Crippen LogP contribution in [-0.4, -0.2) is 49.2 Å². The number of rotatable bonds is 11. The Morgan fingerprint density at radius 2 is 1.96 bits per heavy atom. The normalized spacial score (nSPS) is 11.4. The molecule has 0 spiro atoms. The molecule has 1 heterocycles. The molecular formula is C20H31N5O2. The Balaban J connectivity index is 1.86. The molecule has 0 saturated heterocycles. The fraction of sp³-hybridized carbons (Fsp3) is 0.500. The van der Waals surface area contributed by atoms with Crippen LogP contribution >= 0.6 is 0 Å². The van der Waals surface area contributed by atoms with Crippen molar-refractivity contribution in [1.29, 1.82) is 0 Å². The van der Waals surface area contributed by atoms with Crippen molar-refractivity contribution in [3.05, 3.63) is 47.8 Å². The number of aliphatic imine (C=N–C) groups is 1. The number of nitrogens with zero attached hydrogens (tertiary/aromatic N) is 3. The highest BCUT2D eigenvalue weighted by atomic mass is 16.5. The maximum atomic E-state index is 5.38. The van der Waals surface area contributed by atoms with Crippen molar-refractivity contribution in [3.8, 4) is 5.75 Å². The van der Waals surface area contributed by atoms with Crippen molar-refractivity contribution in [3.63, 3.8) is 0 Å². The molecule has 0 bridgehead atoms. The third kappa shape index (κ3) is 8.13. The van der Waals surface area contributed by atoms with E-state index in [0.717, 1.165) is 62.1 Å². The molecule has 7 nitrogen and oxygen atoms in total. The Bertz CT molecular complexity index is 682. The summed E-state index contributed by atoms with van der Waals surface area (Å²) in [5, 5.41) is 11.0. The largest absolute Gasteiger partial charge is 0.497 e. The average Bonchev–Trinajstić information content (AvgIpc) is 3.11. The molecule has 0 amide bonds. The minimum atomic E-state index is 0.603. The van der Waals surface area contributed by atoms with Gasteiger partial charge in [0.2, 0.25) is 0 Å². The molecule has 2 rings (SSSR count). The lowest BCUT2D eigenvalue weighted by Gasteiger charge is -2.13. The smallest absolute Gasteiger partial charge is 0.191 e. The van der Waals surface area contributed by atoms with E-state index < -0.39 is 0 Å². The summed E-state index contributed by atoms with van der Waals surface area (Å²) < 4.78 is 12.5. The molecule has 1 aromatic heterocycles. The molecular weight excluding hydrogens is 342 g/mol. The SMILES string of the molecule is CCOCCCNC(=NCc1ccc(OC)cc1)NCCn1cc(C)cn1. The van der Waals surface area contributed by atoms with E-state index in [1.807, 2.05) is 55.2 Å². The number of aromatic nitrogens is 2. The topological polar surface area (TPSA) is 72.7 Å². The van der Waals surface area contributed by atoms with Gasteiger partial charge in [-0.2, -0.15) is 5.10 Å². The Morgan fingerprint density at radius 3 is 2.63 bits per heavy atom. The lowest BCUT2D eigenvalue weighted by Crippen LogP contribution is -2.39. The van der Waals surface area contributed by atoms with Crippen LogP contribution in [0.15, 0.2) is 41.7 Å². The van der Waals surface area contributed by atoms with Crippen LogP contribution in [0.2, 0.25) is 0 Å². The second-order valence-electron chi connectivity index (χ2n) is 6.20. The lowest BCUT2D eigenvalue weighted by atomic mass is 10.2. The van der Waals surface area contributed by atoms with E-state index in [-0.39, 0.29) is 0 Å². The van der Waals surface area contributed by atoms with Crippen LogP contribution in [0.5, 0.6) is 5.75 Å². The minimum Gasteiger partial charge on any atom is -0.497 e. The molecule has 0 aliphatic carbocycles. The predicted octanol–water partition coefficient (Wildman–Crippen LogP) is 2.36. The molecule has 0 aliphatic heterocycles. The molecule has 27 heavy (non-hydrogen) atoms. The van der Waals surface area contributed by atoms with E-state index in [2.05, 4.69) is 20.7 Å². The highest BCUT2D eigenvalue weighted by Gasteiger charge is 2.01. The van der Waals surface area contributed by atoms with Crippen molar-refractivity contribution in [2.45, 2.75) is 33.4 Å². The molecule has 2 N–H and O–H groups in total. The maximum Gasteiger partial charge on any atom is 0.191 e. The molecule has 0 saturated carbocycles. The second kappa shape index (κ2) is 12.0. The van der Waals surface area contributed by atoms with E-state index in [0.29, 0.717) is 6.54 Å². The zero-order chi connectivity index (χ0) is 19.3. The van der Waals surface area contributed by atoms with E-state index in [9.17, 15) is 0 Å². The molecule has 0 radical (unpaired) electrons. The third-order valence-corrected chi connectivity index (χ3v) is 3.94. The summed E-state index contributed by atoms with van der Waals surface area (Å²) in [5.74, 6) is 1.65. The Labute approximate surface area is 161 Å². The van der Waals surface area contributed by atoms with Crippen molar-refractivity contribution >= 4 is 5.96 Å². The van der Waals surface area contributed by atoms with Crippen LogP contribution in [0.4, 0.5) is 0 Å². The third-order valence-electron chi connectivity index (χ3n) is 3.94. The zero-order valence-corrected chi connectivity index (χ0v) is 16.6. The van der Waals surface area contributed by atoms with Gasteiger partial charge in [0.05, 0.1) is 26.4 Å². The van der Waals surface area contributed by atoms with E-state index in [1.54, 1.807) is 7.11 Å². The van der Waals surface area contributed by atoms with Gasteiger partial charge in [-0.05, 0) is 43.5 Å². The Morgan fingerprint density at radius 1 is 1.19 bits per heavy atom. The fourth-order valence-corrected chi connectivity index (χ4v) is 2.48. The summed E-state index contributed by atoms with van der Waals surface area (Å²) in [5.41, 5.74) is 2.30. The molecule has 7 heteroatoms. The fourth-order valence-electron chi connectivity index (χ4n) is 2.48. The average molecular weight is 374 g/mol. The molecule has 0 unspecified atom stereocenters. The number of methoxy groups -OCH3 is 1. The summed E-state index contributed by atoms with van der Waals surface area (Å²) in [4.78, 5) is 4.69. The molecule has 2 aromatic rings. The predicted molar refractivity (Wildman–Crippen MR) is 108 cm³/mol. The summed E-state index contributed by atoms with van der Waals surface area (Å²) in [6.07, 6.45) is 4.84. The second-order valence-corrected chi connectivity index (χ2v) is 6.20. The maximum absolute atomic E-state index is 5.38. The Kier molecular flexibility index (Phi) is 9.20. The van der Waals surface area contributed by atoms with Gasteiger partial charge in [-0.25, -0.2) is 4.99 Å². The number of aryl methyl sites for hydroxylation is 1. The van der Waals surface area contributed by atoms with Gasteiger partial charge in [0.25, 0.3) is 0 Å². The van der Waals surface area contributed by atoms with Gasteiger partial charge in [0.1, 0.15) is 5.75 Å². The van der Waals surface area contributed by atoms with Gasteiger partial charge in [0.15, 0.2) is 5.96 Å². The monoisotopic (exact) mass is 373 g/mol. The molecule has 0 fully saturated rings. The van der Waals surface area contributed by atoms with Crippen LogP contribution in [0.1, 0.15) is 24.5 Å². The lowest BCUT2D eigenvalue weighted by molar-refractivity contribution is 0.145. The van der Waals surface area contributed by atoms with E-state index >= 15 is 0 Å². The van der Waals surface area contributed by atoms with E-state index in [4.69, 9.17) is 9.47 Å². The number of guanidine groups is 1. The number of ether oxygens (including phenoxy) is 2. The van der Waals surface area contributed by atoms with Crippen LogP contribution in [0.25, 0.3) is 0 Å². The number of hydrogen-bond donors (Lipinski definition) is 2. The first kappa shape index (κ1) is 20.8. The molecule has 0 aliphatic rings. The van der Waals surface area contributed by atoms with Crippen molar-refractivity contribution < 1.29 is 9.47 Å². The first-order chi connectivity index (χ1) is 13.2. The number of hydrogen-bond acceptors (Lipinski definition) is 4. The molecule has 1 aromatic carbocycles. The highest BCUT2D eigenvalue weighted by Crippen LogP contribution is 2.11. The van der Waals surface area contributed by atoms with Gasteiger partial charge in [-0.1, -0.05) is 12.1 Å². The summed E-state index contributed by atoms with van der Waals surface area (Å²) >= 11 is 0. The van der Waals surface area contributed by atoms with Crippen LogP contribution < -0.4 is 15.4 Å². The first-order valence-corrected chi connectivity index (χ1v) is 9.43. The molecule has 148 valence electrons. The van der Waals surface area contributed by atoms with Crippen molar-refractivity contribution in [2.24, 2.45) is 4.99 Å². The van der Waals surface area contributed by atoms with Crippen molar-refractivity contribution in [1.82, 2.24) is 20.4 Å². The number of nitrogens with one attached hydrogen (secondary N) is 2. The van der Waals surface area contributed by atoms with Crippen LogP contribution in [0.3, 0.4) is 0 Å². The molecule has 0 atom stereocenters. The zero-order valence-electron chi connectivity index (χ0n) is 16.6. The quantitative estimate of drug-likeness (QED) is 0.359. The standard InChI is InChI=1S/C20H31N5O2/c1-4-27-13-5-10-21-20(22-11-12-25-16-17(2)14-24-25)23-15-18-6-8-19(26-3)9-7-18/h6-9,14,16H,4-5,10-13,15H2,1-3H3,(H2,21,22,23). The van der Waals surface area contributed by atoms with Gasteiger partial charge < -0.3 is 20.1 Å². The number of benzene rings is 1. The van der Waals surface area contributed by atoms with E-state index in [1.165, 1.54) is 0 Å². The van der Waals surface area contributed by atoms with Gasteiger partial charge in [-0.3, -0.25) is 4.68 Å². The van der Waals surface area contributed by atoms with Gasteiger partial charge in [0, 0.05) is 32.5 Å². The van der Waals surface area contributed by atoms with Gasteiger partial charge >= 0.3 is 0 Å².